The highest BCUT2D eigenvalue weighted by atomic mass is 16.5. The summed E-state index contributed by atoms with van der Waals surface area (Å²) in [5, 5.41) is 9.33. The normalized spacial score (nSPS) is 9.77. The van der Waals surface area contributed by atoms with Crippen LogP contribution in [0, 0.1) is 13.8 Å². The van der Waals surface area contributed by atoms with Crippen molar-refractivity contribution < 1.29 is 14.6 Å². The largest absolute Gasteiger partial charge is 0.508 e. The monoisotopic (exact) mass is 180 g/mol. The van der Waals surface area contributed by atoms with E-state index in [2.05, 4.69) is 4.74 Å². The number of carbonyl (C=O) groups excluding carboxylic acids is 1. The number of ether oxygens (including phenoxy) is 1. The third kappa shape index (κ3) is 1.64. The zero-order chi connectivity index (χ0) is 10.0. The summed E-state index contributed by atoms with van der Waals surface area (Å²) in [5.74, 6) is -0.175. The van der Waals surface area contributed by atoms with E-state index in [0.717, 1.165) is 5.56 Å². The number of hydrogen-bond donors (Lipinski definition) is 1. The van der Waals surface area contributed by atoms with Gasteiger partial charge in [-0.1, -0.05) is 0 Å². The average Bonchev–Trinajstić information content (AvgIpc) is 2.13. The fourth-order valence-corrected chi connectivity index (χ4v) is 1.14. The summed E-state index contributed by atoms with van der Waals surface area (Å²) < 4.78 is 4.59. The third-order valence-corrected chi connectivity index (χ3v) is 2.16. The molecule has 3 heteroatoms. The van der Waals surface area contributed by atoms with E-state index in [0.29, 0.717) is 11.1 Å². The number of hydrogen-bond acceptors (Lipinski definition) is 3. The van der Waals surface area contributed by atoms with Gasteiger partial charge in [0, 0.05) is 0 Å². The van der Waals surface area contributed by atoms with Crippen molar-refractivity contribution in [3.05, 3.63) is 28.8 Å². The topological polar surface area (TPSA) is 46.5 Å². The van der Waals surface area contributed by atoms with Gasteiger partial charge in [0.25, 0.3) is 0 Å². The molecule has 0 aliphatic rings. The average molecular weight is 180 g/mol. The van der Waals surface area contributed by atoms with Crippen molar-refractivity contribution in [2.24, 2.45) is 0 Å². The summed E-state index contributed by atoms with van der Waals surface area (Å²) in [7, 11) is 1.34. The van der Waals surface area contributed by atoms with Gasteiger partial charge in [0.2, 0.25) is 0 Å². The molecule has 0 atom stereocenters. The first-order valence-electron chi connectivity index (χ1n) is 3.95. The predicted molar refractivity (Wildman–Crippen MR) is 48.9 cm³/mol. The van der Waals surface area contributed by atoms with Crippen LogP contribution in [0.25, 0.3) is 0 Å². The molecule has 1 aromatic carbocycles. The second-order valence-corrected chi connectivity index (χ2v) is 2.87. The Kier molecular flexibility index (Phi) is 2.56. The zero-order valence-corrected chi connectivity index (χ0v) is 7.92. The molecular weight excluding hydrogens is 168 g/mol. The summed E-state index contributed by atoms with van der Waals surface area (Å²) in [6.07, 6.45) is 0. The summed E-state index contributed by atoms with van der Waals surface area (Å²) in [5.41, 5.74) is 1.97. The number of phenols is 1. The maximum absolute atomic E-state index is 11.2. The highest BCUT2D eigenvalue weighted by Crippen LogP contribution is 2.22. The molecule has 0 amide bonds. The maximum Gasteiger partial charge on any atom is 0.338 e. The molecule has 0 aliphatic heterocycles. The van der Waals surface area contributed by atoms with Crippen LogP contribution in [0.5, 0.6) is 5.75 Å². The van der Waals surface area contributed by atoms with E-state index in [9.17, 15) is 9.90 Å². The van der Waals surface area contributed by atoms with E-state index in [1.165, 1.54) is 13.2 Å². The molecule has 70 valence electrons. The highest BCUT2D eigenvalue weighted by Gasteiger charge is 2.11. The lowest BCUT2D eigenvalue weighted by molar-refractivity contribution is 0.0600. The van der Waals surface area contributed by atoms with Crippen molar-refractivity contribution in [1.29, 1.82) is 0 Å². The smallest absolute Gasteiger partial charge is 0.338 e. The third-order valence-electron chi connectivity index (χ3n) is 2.16. The lowest BCUT2D eigenvalue weighted by atomic mass is 10.0. The first-order chi connectivity index (χ1) is 6.07. The van der Waals surface area contributed by atoms with Gasteiger partial charge in [0.05, 0.1) is 12.7 Å². The second-order valence-electron chi connectivity index (χ2n) is 2.87. The van der Waals surface area contributed by atoms with Crippen LogP contribution in [0.3, 0.4) is 0 Å². The van der Waals surface area contributed by atoms with Gasteiger partial charge < -0.3 is 9.84 Å². The number of rotatable bonds is 1. The summed E-state index contributed by atoms with van der Waals surface area (Å²) in [6, 6.07) is 3.05. The molecule has 0 bridgehead atoms. The van der Waals surface area contributed by atoms with Crippen LogP contribution >= 0.6 is 0 Å². The molecule has 0 fully saturated rings. The lowest BCUT2D eigenvalue weighted by Gasteiger charge is -2.07. The van der Waals surface area contributed by atoms with E-state index >= 15 is 0 Å². The number of benzene rings is 1. The molecule has 0 spiro atoms. The summed E-state index contributed by atoms with van der Waals surface area (Å²) in [4.78, 5) is 11.2. The lowest BCUT2D eigenvalue weighted by Crippen LogP contribution is -2.04. The van der Waals surface area contributed by atoms with Crippen LogP contribution in [-0.2, 0) is 4.74 Å². The first-order valence-corrected chi connectivity index (χ1v) is 3.95. The molecule has 0 heterocycles. The number of methoxy groups -OCH3 is 1. The Morgan fingerprint density at radius 1 is 1.31 bits per heavy atom. The van der Waals surface area contributed by atoms with Gasteiger partial charge in [-0.05, 0) is 37.1 Å². The molecule has 1 rings (SSSR count). The SMILES string of the molecule is COC(=O)c1ccc(O)c(C)c1C. The van der Waals surface area contributed by atoms with Crippen LogP contribution in [0.15, 0.2) is 12.1 Å². The van der Waals surface area contributed by atoms with Gasteiger partial charge in [-0.25, -0.2) is 4.79 Å². The Hall–Kier alpha value is -1.51. The Morgan fingerprint density at radius 3 is 2.46 bits per heavy atom. The summed E-state index contributed by atoms with van der Waals surface area (Å²) >= 11 is 0. The molecule has 1 N–H and O–H groups in total. The predicted octanol–water partition coefficient (Wildman–Crippen LogP) is 1.80. The Labute approximate surface area is 77.0 Å². The highest BCUT2D eigenvalue weighted by molar-refractivity contribution is 5.91. The van der Waals surface area contributed by atoms with E-state index in [1.54, 1.807) is 19.9 Å². The van der Waals surface area contributed by atoms with Crippen LogP contribution in [0.4, 0.5) is 0 Å². The van der Waals surface area contributed by atoms with Crippen LogP contribution < -0.4 is 0 Å². The second kappa shape index (κ2) is 3.47. The van der Waals surface area contributed by atoms with Crippen LogP contribution in [0.2, 0.25) is 0 Å². The van der Waals surface area contributed by atoms with Gasteiger partial charge in [0.15, 0.2) is 0 Å². The molecule has 0 aromatic heterocycles. The molecular formula is C10H12O3. The first kappa shape index (κ1) is 9.58. The van der Waals surface area contributed by atoms with E-state index in [-0.39, 0.29) is 11.7 Å². The molecule has 0 radical (unpaired) electrons. The Morgan fingerprint density at radius 2 is 1.92 bits per heavy atom. The van der Waals surface area contributed by atoms with Crippen molar-refractivity contribution in [3.8, 4) is 5.75 Å². The van der Waals surface area contributed by atoms with Crippen molar-refractivity contribution in [2.75, 3.05) is 7.11 Å². The minimum absolute atomic E-state index is 0.199. The van der Waals surface area contributed by atoms with Gasteiger partial charge in [-0.3, -0.25) is 0 Å². The Balaban J connectivity index is 3.26. The molecule has 3 nitrogen and oxygen atoms in total. The Bertz CT molecular complexity index is 342. The van der Waals surface area contributed by atoms with Gasteiger partial charge in [-0.15, -0.1) is 0 Å². The van der Waals surface area contributed by atoms with Crippen molar-refractivity contribution in [1.82, 2.24) is 0 Å². The molecule has 0 aliphatic carbocycles. The van der Waals surface area contributed by atoms with Crippen molar-refractivity contribution in [3.63, 3.8) is 0 Å². The van der Waals surface area contributed by atoms with Crippen LogP contribution in [0.1, 0.15) is 21.5 Å². The number of phenolic OH excluding ortho intramolecular Hbond substituents is 1. The molecule has 0 saturated carbocycles. The van der Waals surface area contributed by atoms with Crippen molar-refractivity contribution in [2.45, 2.75) is 13.8 Å². The van der Waals surface area contributed by atoms with Gasteiger partial charge in [0.1, 0.15) is 5.75 Å². The molecule has 1 aromatic rings. The van der Waals surface area contributed by atoms with E-state index < -0.39 is 0 Å². The number of aromatic hydroxyl groups is 1. The zero-order valence-electron chi connectivity index (χ0n) is 7.92. The van der Waals surface area contributed by atoms with Crippen LogP contribution in [-0.4, -0.2) is 18.2 Å². The minimum Gasteiger partial charge on any atom is -0.508 e. The van der Waals surface area contributed by atoms with E-state index in [1.807, 2.05) is 0 Å². The standard InChI is InChI=1S/C10H12O3/c1-6-7(2)9(11)5-4-8(6)10(12)13-3/h4-5,11H,1-3H3. The number of carbonyl (C=O) groups is 1. The fourth-order valence-electron chi connectivity index (χ4n) is 1.14. The maximum atomic E-state index is 11.2. The molecule has 13 heavy (non-hydrogen) atoms. The van der Waals surface area contributed by atoms with Crippen molar-refractivity contribution >= 4 is 5.97 Å². The van der Waals surface area contributed by atoms with Gasteiger partial charge in [-0.2, -0.15) is 0 Å². The minimum atomic E-state index is -0.374. The van der Waals surface area contributed by atoms with E-state index in [4.69, 9.17) is 0 Å². The van der Waals surface area contributed by atoms with Gasteiger partial charge >= 0.3 is 5.97 Å². The fraction of sp³-hybridized carbons (Fsp3) is 0.300. The molecule has 0 saturated heterocycles. The quantitative estimate of drug-likeness (QED) is 0.670. The molecule has 0 unspecified atom stereocenters. The number of esters is 1. The summed E-state index contributed by atoms with van der Waals surface area (Å²) in [6.45, 7) is 3.54.